The molecule has 0 spiro atoms. The van der Waals surface area contributed by atoms with Crippen molar-refractivity contribution < 1.29 is 22.1 Å². The molecule has 0 radical (unpaired) electrons. The van der Waals surface area contributed by atoms with Crippen LogP contribution in [0.3, 0.4) is 0 Å². The number of methoxy groups -OCH3 is 1. The Hall–Kier alpha value is -3.57. The van der Waals surface area contributed by atoms with Gasteiger partial charge in [0.05, 0.1) is 23.8 Å². The normalized spacial score (nSPS) is 16.0. The van der Waals surface area contributed by atoms with Gasteiger partial charge in [0, 0.05) is 43.8 Å². The summed E-state index contributed by atoms with van der Waals surface area (Å²) in [4.78, 5) is 16.2. The highest BCUT2D eigenvalue weighted by molar-refractivity contribution is 7.81. The minimum atomic E-state index is -4.70. The Morgan fingerprint density at radius 3 is 2.60 bits per heavy atom. The summed E-state index contributed by atoms with van der Waals surface area (Å²) in [6, 6.07) is 4.96. The second-order valence-corrected chi connectivity index (χ2v) is 9.09. The van der Waals surface area contributed by atoms with Crippen molar-refractivity contribution in [2.75, 3.05) is 31.8 Å². The van der Waals surface area contributed by atoms with E-state index in [-0.39, 0.29) is 35.0 Å². The van der Waals surface area contributed by atoms with E-state index in [2.05, 4.69) is 25.3 Å². The summed E-state index contributed by atoms with van der Waals surface area (Å²) in [5.74, 6) is 0.273. The molecule has 1 atom stereocenters. The SMILES string of the molecule is COc1ccc(-n2cnc(-c3nc(NC4CCN(S(C)=O)CC4)ncc3C(F)(F)F)c2)c(C#N)n1. The van der Waals surface area contributed by atoms with E-state index < -0.39 is 22.7 Å². The van der Waals surface area contributed by atoms with Crippen molar-refractivity contribution >= 4 is 16.9 Å². The van der Waals surface area contributed by atoms with Gasteiger partial charge in [-0.05, 0) is 18.9 Å². The van der Waals surface area contributed by atoms with Crippen molar-refractivity contribution in [2.24, 2.45) is 0 Å². The zero-order valence-corrected chi connectivity index (χ0v) is 19.6. The Labute approximate surface area is 201 Å². The number of pyridine rings is 1. The summed E-state index contributed by atoms with van der Waals surface area (Å²) < 4.78 is 61.1. The number of rotatable bonds is 6. The van der Waals surface area contributed by atoms with Gasteiger partial charge in [-0.15, -0.1) is 0 Å². The van der Waals surface area contributed by atoms with E-state index in [1.807, 2.05) is 10.4 Å². The lowest BCUT2D eigenvalue weighted by Gasteiger charge is -2.30. The molecule has 4 rings (SSSR count). The van der Waals surface area contributed by atoms with Crippen LogP contribution in [-0.2, 0) is 17.2 Å². The lowest BCUT2D eigenvalue weighted by molar-refractivity contribution is -0.137. The summed E-state index contributed by atoms with van der Waals surface area (Å²) in [6.45, 7) is 1.19. The first kappa shape index (κ1) is 24.6. The summed E-state index contributed by atoms with van der Waals surface area (Å²) >= 11 is 0. The highest BCUT2D eigenvalue weighted by Crippen LogP contribution is 2.36. The topological polar surface area (TPSA) is 122 Å². The largest absolute Gasteiger partial charge is 0.481 e. The molecule has 1 unspecified atom stereocenters. The Morgan fingerprint density at radius 1 is 1.23 bits per heavy atom. The molecule has 35 heavy (non-hydrogen) atoms. The van der Waals surface area contributed by atoms with Crippen LogP contribution in [0.15, 0.2) is 30.9 Å². The Bertz CT molecular complexity index is 1280. The fourth-order valence-corrected chi connectivity index (χ4v) is 4.43. The number of nitrogens with zero attached hydrogens (tertiary/aromatic N) is 7. The van der Waals surface area contributed by atoms with E-state index in [4.69, 9.17) is 4.74 Å². The van der Waals surface area contributed by atoms with Crippen molar-refractivity contribution in [1.29, 1.82) is 5.26 Å². The number of hydrogen-bond acceptors (Lipinski definition) is 8. The highest BCUT2D eigenvalue weighted by atomic mass is 32.2. The van der Waals surface area contributed by atoms with Crippen LogP contribution in [-0.4, -0.2) is 65.5 Å². The molecule has 1 aliphatic rings. The van der Waals surface area contributed by atoms with Gasteiger partial charge < -0.3 is 14.6 Å². The lowest BCUT2D eigenvalue weighted by atomic mass is 10.1. The van der Waals surface area contributed by atoms with Gasteiger partial charge in [-0.3, -0.25) is 0 Å². The number of piperidine rings is 1. The Balaban J connectivity index is 1.65. The first-order chi connectivity index (χ1) is 16.7. The van der Waals surface area contributed by atoms with Crippen LogP contribution in [0.5, 0.6) is 5.88 Å². The molecule has 0 saturated carbocycles. The van der Waals surface area contributed by atoms with E-state index in [1.165, 1.54) is 30.3 Å². The van der Waals surface area contributed by atoms with E-state index >= 15 is 0 Å². The Kier molecular flexibility index (Phi) is 6.99. The second kappa shape index (κ2) is 9.96. The predicted octanol–water partition coefficient (Wildman–Crippen LogP) is 2.79. The number of halogens is 3. The minimum Gasteiger partial charge on any atom is -0.481 e. The monoisotopic (exact) mass is 506 g/mol. The molecule has 0 aliphatic carbocycles. The maximum atomic E-state index is 13.7. The van der Waals surface area contributed by atoms with E-state index in [9.17, 15) is 22.6 Å². The number of nitrogens with one attached hydrogen (secondary N) is 1. The zero-order valence-electron chi connectivity index (χ0n) is 18.8. The van der Waals surface area contributed by atoms with Crippen LogP contribution in [0.4, 0.5) is 19.1 Å². The fraction of sp³-hybridized carbons (Fsp3) is 0.381. The molecule has 1 aliphatic heterocycles. The summed E-state index contributed by atoms with van der Waals surface area (Å²) in [7, 11) is 0.343. The Morgan fingerprint density at radius 2 is 1.97 bits per heavy atom. The van der Waals surface area contributed by atoms with E-state index in [1.54, 1.807) is 12.3 Å². The maximum Gasteiger partial charge on any atom is 0.420 e. The molecule has 0 amide bonds. The standard InChI is InChI=1S/C21H21F3N8O2S/c1-34-18-4-3-17(15(9-25)29-18)31-11-16(27-12-31)19-14(21(22,23)24)10-26-20(30-19)28-13-5-7-32(8-6-13)35(2)33/h3-4,10-13H,5-8H2,1-2H3,(H,26,28,30). The maximum absolute atomic E-state index is 13.7. The molecular weight excluding hydrogens is 485 g/mol. The molecule has 1 fully saturated rings. The van der Waals surface area contributed by atoms with Crippen LogP contribution >= 0.6 is 0 Å². The average molecular weight is 507 g/mol. The molecule has 1 saturated heterocycles. The number of alkyl halides is 3. The van der Waals surface area contributed by atoms with Gasteiger partial charge >= 0.3 is 6.18 Å². The molecule has 4 heterocycles. The number of ether oxygens (including phenoxy) is 1. The summed E-state index contributed by atoms with van der Waals surface area (Å²) in [5, 5.41) is 12.5. The fourth-order valence-electron chi connectivity index (χ4n) is 3.71. The average Bonchev–Trinajstić information content (AvgIpc) is 3.33. The smallest absolute Gasteiger partial charge is 0.420 e. The van der Waals surface area contributed by atoms with Crippen molar-refractivity contribution in [3.8, 4) is 29.0 Å². The number of hydrogen-bond donors (Lipinski definition) is 1. The van der Waals surface area contributed by atoms with Crippen LogP contribution < -0.4 is 10.1 Å². The number of nitriles is 1. The van der Waals surface area contributed by atoms with Gasteiger partial charge in [0.25, 0.3) is 0 Å². The molecular formula is C21H21F3N8O2S. The predicted molar refractivity (Wildman–Crippen MR) is 121 cm³/mol. The van der Waals surface area contributed by atoms with Crippen molar-refractivity contribution in [1.82, 2.24) is 28.8 Å². The van der Waals surface area contributed by atoms with Gasteiger partial charge in [-0.1, -0.05) is 0 Å². The van der Waals surface area contributed by atoms with Gasteiger partial charge in [0.2, 0.25) is 11.8 Å². The van der Waals surface area contributed by atoms with Crippen LogP contribution in [0.25, 0.3) is 17.1 Å². The van der Waals surface area contributed by atoms with Crippen molar-refractivity contribution in [3.05, 3.63) is 42.1 Å². The van der Waals surface area contributed by atoms with E-state index in [0.717, 1.165) is 6.20 Å². The molecule has 3 aromatic heterocycles. The van der Waals surface area contributed by atoms with Crippen molar-refractivity contribution in [3.63, 3.8) is 0 Å². The molecule has 14 heteroatoms. The quantitative estimate of drug-likeness (QED) is 0.542. The summed E-state index contributed by atoms with van der Waals surface area (Å²) in [6.07, 6.45) is 1.57. The first-order valence-corrected chi connectivity index (χ1v) is 12.0. The van der Waals surface area contributed by atoms with Gasteiger partial charge in [0.1, 0.15) is 29.3 Å². The third-order valence-corrected chi connectivity index (χ3v) is 6.60. The van der Waals surface area contributed by atoms with Crippen LogP contribution in [0, 0.1) is 11.3 Å². The third-order valence-electron chi connectivity index (χ3n) is 5.51. The number of imidazole rings is 1. The molecule has 1 N–H and O–H groups in total. The molecule has 0 bridgehead atoms. The molecule has 3 aromatic rings. The van der Waals surface area contributed by atoms with Crippen molar-refractivity contribution in [2.45, 2.75) is 25.1 Å². The van der Waals surface area contributed by atoms with Gasteiger partial charge in [0.15, 0.2) is 5.69 Å². The molecule has 0 aromatic carbocycles. The first-order valence-electron chi connectivity index (χ1n) is 10.5. The minimum absolute atomic E-state index is 0.0220. The zero-order chi connectivity index (χ0) is 25.2. The van der Waals surface area contributed by atoms with Crippen LogP contribution in [0.1, 0.15) is 24.1 Å². The third kappa shape index (κ3) is 5.41. The van der Waals surface area contributed by atoms with E-state index in [0.29, 0.717) is 31.6 Å². The van der Waals surface area contributed by atoms with Gasteiger partial charge in [-0.25, -0.2) is 28.5 Å². The summed E-state index contributed by atoms with van der Waals surface area (Å²) in [5.41, 5.74) is -1.11. The number of anilines is 1. The van der Waals surface area contributed by atoms with Gasteiger partial charge in [-0.2, -0.15) is 18.4 Å². The molecule has 10 nitrogen and oxygen atoms in total. The lowest BCUT2D eigenvalue weighted by Crippen LogP contribution is -2.39. The second-order valence-electron chi connectivity index (χ2n) is 7.72. The molecule has 184 valence electrons. The van der Waals surface area contributed by atoms with Crippen LogP contribution in [0.2, 0.25) is 0 Å². The highest BCUT2D eigenvalue weighted by Gasteiger charge is 2.36. The number of aromatic nitrogens is 5.